The minimum atomic E-state index is -0.828. The van der Waals surface area contributed by atoms with Gasteiger partial charge in [-0.25, -0.2) is 0 Å². The molecular weight excluding hydrogens is 242 g/mol. The van der Waals surface area contributed by atoms with Gasteiger partial charge < -0.3 is 15.2 Å². The van der Waals surface area contributed by atoms with E-state index in [-0.39, 0.29) is 6.54 Å². The Morgan fingerprint density at radius 2 is 1.95 bits per heavy atom. The Hall–Kier alpha value is -2.07. The van der Waals surface area contributed by atoms with E-state index in [9.17, 15) is 4.79 Å². The van der Waals surface area contributed by atoms with Gasteiger partial charge >= 0.3 is 5.97 Å². The fourth-order valence-electron chi connectivity index (χ4n) is 1.98. The highest BCUT2D eigenvalue weighted by Gasteiger charge is 2.00. The van der Waals surface area contributed by atoms with Crippen LogP contribution in [0.25, 0.3) is 10.8 Å². The number of ether oxygens (including phenoxy) is 1. The summed E-state index contributed by atoms with van der Waals surface area (Å²) < 4.78 is 5.19. The van der Waals surface area contributed by atoms with Crippen molar-refractivity contribution in [3.05, 3.63) is 42.0 Å². The molecule has 0 fully saturated rings. The molecule has 4 nitrogen and oxygen atoms in total. The maximum Gasteiger partial charge on any atom is 0.317 e. The van der Waals surface area contributed by atoms with Crippen LogP contribution in [0.15, 0.2) is 36.4 Å². The monoisotopic (exact) mass is 259 g/mol. The zero-order chi connectivity index (χ0) is 13.7. The van der Waals surface area contributed by atoms with Crippen molar-refractivity contribution >= 4 is 16.7 Å². The lowest BCUT2D eigenvalue weighted by molar-refractivity contribution is -0.135. The standard InChI is InChI=1S/C15H17NO3/c1-19-14-5-4-12-8-11(2-3-13(12)9-14)6-7-16-10-15(17)18/h2-5,8-9,16H,6-7,10H2,1H3,(H,17,18). The summed E-state index contributed by atoms with van der Waals surface area (Å²) in [5.74, 6) is 0.0222. The van der Waals surface area contributed by atoms with E-state index in [1.165, 1.54) is 5.56 Å². The van der Waals surface area contributed by atoms with Crippen LogP contribution in [-0.2, 0) is 11.2 Å². The Balaban J connectivity index is 2.03. The van der Waals surface area contributed by atoms with Crippen LogP contribution in [0.3, 0.4) is 0 Å². The number of fused-ring (bicyclic) bond motifs is 1. The van der Waals surface area contributed by atoms with Crippen LogP contribution in [0.5, 0.6) is 5.75 Å². The topological polar surface area (TPSA) is 58.6 Å². The van der Waals surface area contributed by atoms with Crippen LogP contribution in [0.2, 0.25) is 0 Å². The molecule has 0 aromatic heterocycles. The second kappa shape index (κ2) is 6.20. The van der Waals surface area contributed by atoms with Crippen molar-refractivity contribution in [1.29, 1.82) is 0 Å². The number of carboxylic acid groups (broad SMARTS) is 1. The van der Waals surface area contributed by atoms with Crippen LogP contribution in [-0.4, -0.2) is 31.3 Å². The number of aliphatic carboxylic acids is 1. The van der Waals surface area contributed by atoms with Crippen LogP contribution in [0.4, 0.5) is 0 Å². The SMILES string of the molecule is COc1ccc2cc(CCNCC(=O)O)ccc2c1. The molecule has 0 bridgehead atoms. The largest absolute Gasteiger partial charge is 0.497 e. The summed E-state index contributed by atoms with van der Waals surface area (Å²) in [6, 6.07) is 12.2. The van der Waals surface area contributed by atoms with Gasteiger partial charge in [0.05, 0.1) is 13.7 Å². The molecule has 0 aliphatic carbocycles. The number of hydrogen-bond donors (Lipinski definition) is 2. The van der Waals surface area contributed by atoms with Gasteiger partial charge in [-0.2, -0.15) is 0 Å². The number of nitrogens with one attached hydrogen (secondary N) is 1. The van der Waals surface area contributed by atoms with Gasteiger partial charge in [0.1, 0.15) is 5.75 Å². The summed E-state index contributed by atoms with van der Waals surface area (Å²) in [6.45, 7) is 0.665. The summed E-state index contributed by atoms with van der Waals surface area (Å²) in [4.78, 5) is 10.4. The summed E-state index contributed by atoms with van der Waals surface area (Å²) in [6.07, 6.45) is 0.815. The van der Waals surface area contributed by atoms with E-state index in [4.69, 9.17) is 9.84 Å². The van der Waals surface area contributed by atoms with E-state index in [0.29, 0.717) is 6.54 Å². The van der Waals surface area contributed by atoms with Gasteiger partial charge in [0.2, 0.25) is 0 Å². The number of carbonyl (C=O) groups is 1. The number of rotatable bonds is 6. The molecule has 0 saturated heterocycles. The van der Waals surface area contributed by atoms with Crippen molar-refractivity contribution in [3.8, 4) is 5.75 Å². The first-order chi connectivity index (χ1) is 9.19. The van der Waals surface area contributed by atoms with Gasteiger partial charge in [-0.1, -0.05) is 24.3 Å². The first-order valence-electron chi connectivity index (χ1n) is 6.18. The number of benzene rings is 2. The van der Waals surface area contributed by atoms with Crippen LogP contribution < -0.4 is 10.1 Å². The predicted octanol–water partition coefficient (Wildman–Crippen LogP) is 2.07. The van der Waals surface area contributed by atoms with E-state index in [1.807, 2.05) is 18.2 Å². The zero-order valence-corrected chi connectivity index (χ0v) is 10.8. The second-order valence-electron chi connectivity index (χ2n) is 4.37. The molecule has 0 heterocycles. The highest BCUT2D eigenvalue weighted by molar-refractivity contribution is 5.84. The van der Waals surface area contributed by atoms with Crippen molar-refractivity contribution < 1.29 is 14.6 Å². The van der Waals surface area contributed by atoms with Crippen LogP contribution >= 0.6 is 0 Å². The Morgan fingerprint density at radius 1 is 1.21 bits per heavy atom. The number of hydrogen-bond acceptors (Lipinski definition) is 3. The summed E-state index contributed by atoms with van der Waals surface area (Å²) in [5, 5.41) is 13.7. The van der Waals surface area contributed by atoms with Crippen molar-refractivity contribution in [2.75, 3.05) is 20.2 Å². The lowest BCUT2D eigenvalue weighted by atomic mass is 10.0. The minimum absolute atomic E-state index is 0.00474. The van der Waals surface area contributed by atoms with Gasteiger partial charge in [-0.15, -0.1) is 0 Å². The molecule has 2 aromatic rings. The predicted molar refractivity (Wildman–Crippen MR) is 74.7 cm³/mol. The third kappa shape index (κ3) is 3.69. The quantitative estimate of drug-likeness (QED) is 0.780. The van der Waals surface area contributed by atoms with Gasteiger partial charge in [-0.3, -0.25) is 4.79 Å². The van der Waals surface area contributed by atoms with Crippen molar-refractivity contribution in [3.63, 3.8) is 0 Å². The molecule has 2 aromatic carbocycles. The van der Waals surface area contributed by atoms with Gasteiger partial charge in [0.25, 0.3) is 0 Å². The molecule has 0 atom stereocenters. The second-order valence-corrected chi connectivity index (χ2v) is 4.37. The maximum absolute atomic E-state index is 10.4. The molecule has 0 aliphatic heterocycles. The molecule has 19 heavy (non-hydrogen) atoms. The molecule has 100 valence electrons. The number of methoxy groups -OCH3 is 1. The van der Waals surface area contributed by atoms with E-state index < -0.39 is 5.97 Å². The summed E-state index contributed by atoms with van der Waals surface area (Å²) >= 11 is 0. The summed E-state index contributed by atoms with van der Waals surface area (Å²) in [5.41, 5.74) is 1.19. The minimum Gasteiger partial charge on any atom is -0.497 e. The first kappa shape index (κ1) is 13.4. The highest BCUT2D eigenvalue weighted by Crippen LogP contribution is 2.21. The van der Waals surface area contributed by atoms with Gasteiger partial charge in [-0.05, 0) is 41.4 Å². The molecule has 0 amide bonds. The van der Waals surface area contributed by atoms with Gasteiger partial charge in [0, 0.05) is 0 Å². The molecule has 0 aliphatic rings. The Bertz CT molecular complexity index is 581. The van der Waals surface area contributed by atoms with E-state index >= 15 is 0 Å². The van der Waals surface area contributed by atoms with Crippen LogP contribution in [0, 0.1) is 0 Å². The zero-order valence-electron chi connectivity index (χ0n) is 10.8. The Kier molecular flexibility index (Phi) is 4.36. The molecule has 4 heteroatoms. The lowest BCUT2D eigenvalue weighted by Gasteiger charge is -2.06. The molecule has 0 radical (unpaired) electrons. The molecule has 0 saturated carbocycles. The van der Waals surface area contributed by atoms with E-state index in [1.54, 1.807) is 7.11 Å². The maximum atomic E-state index is 10.4. The Morgan fingerprint density at radius 3 is 2.68 bits per heavy atom. The third-order valence-corrected chi connectivity index (χ3v) is 2.98. The number of carboxylic acids is 1. The smallest absolute Gasteiger partial charge is 0.317 e. The Labute approximate surface area is 112 Å². The van der Waals surface area contributed by atoms with Gasteiger partial charge in [0.15, 0.2) is 0 Å². The molecule has 0 unspecified atom stereocenters. The van der Waals surface area contributed by atoms with E-state index in [2.05, 4.69) is 23.5 Å². The molecule has 2 rings (SSSR count). The molecule has 0 spiro atoms. The third-order valence-electron chi connectivity index (χ3n) is 2.98. The molecular formula is C15H17NO3. The first-order valence-corrected chi connectivity index (χ1v) is 6.18. The highest BCUT2D eigenvalue weighted by atomic mass is 16.5. The normalized spacial score (nSPS) is 10.6. The van der Waals surface area contributed by atoms with E-state index in [0.717, 1.165) is 22.9 Å². The fourth-order valence-corrected chi connectivity index (χ4v) is 1.98. The summed E-state index contributed by atoms with van der Waals surface area (Å²) in [7, 11) is 1.66. The van der Waals surface area contributed by atoms with Crippen molar-refractivity contribution in [1.82, 2.24) is 5.32 Å². The lowest BCUT2D eigenvalue weighted by Crippen LogP contribution is -2.24. The van der Waals surface area contributed by atoms with Crippen molar-refractivity contribution in [2.45, 2.75) is 6.42 Å². The average molecular weight is 259 g/mol. The average Bonchev–Trinajstić information content (AvgIpc) is 2.42. The van der Waals surface area contributed by atoms with Crippen LogP contribution in [0.1, 0.15) is 5.56 Å². The fraction of sp³-hybridized carbons (Fsp3) is 0.267. The van der Waals surface area contributed by atoms with Crippen molar-refractivity contribution in [2.24, 2.45) is 0 Å². The molecule has 2 N–H and O–H groups in total.